The SMILES string of the molecule is CCn1nc(C)c2nc(CCCl)n(Cc3cccnc3)c21. The van der Waals surface area contributed by atoms with Crippen molar-refractivity contribution in [3.8, 4) is 0 Å². The topological polar surface area (TPSA) is 48.5 Å². The van der Waals surface area contributed by atoms with Crippen LogP contribution >= 0.6 is 11.6 Å². The van der Waals surface area contributed by atoms with Crippen molar-refractivity contribution in [1.82, 2.24) is 24.3 Å². The van der Waals surface area contributed by atoms with Gasteiger partial charge in [0.05, 0.1) is 12.2 Å². The zero-order valence-corrected chi connectivity index (χ0v) is 13.0. The number of fused-ring (bicyclic) bond motifs is 1. The Morgan fingerprint density at radius 1 is 1.33 bits per heavy atom. The van der Waals surface area contributed by atoms with Crippen molar-refractivity contribution in [2.75, 3.05) is 5.88 Å². The van der Waals surface area contributed by atoms with Crippen molar-refractivity contribution in [2.45, 2.75) is 33.4 Å². The molecule has 110 valence electrons. The second-order valence-electron chi connectivity index (χ2n) is 4.99. The minimum absolute atomic E-state index is 0.561. The predicted octanol–water partition coefficient (Wildman–Crippen LogP) is 2.79. The number of aryl methyl sites for hydroxylation is 3. The van der Waals surface area contributed by atoms with E-state index in [1.165, 1.54) is 0 Å². The first-order chi connectivity index (χ1) is 10.2. The summed E-state index contributed by atoms with van der Waals surface area (Å²) in [6.07, 6.45) is 4.42. The molecule has 3 aromatic heterocycles. The van der Waals surface area contributed by atoms with E-state index in [0.29, 0.717) is 5.88 Å². The molecule has 0 aliphatic carbocycles. The molecule has 21 heavy (non-hydrogen) atoms. The zero-order valence-electron chi connectivity index (χ0n) is 12.3. The van der Waals surface area contributed by atoms with Crippen LogP contribution in [0.2, 0.25) is 0 Å². The molecule has 0 atom stereocenters. The molecule has 3 heterocycles. The van der Waals surface area contributed by atoms with Crippen LogP contribution in [0.5, 0.6) is 0 Å². The zero-order chi connectivity index (χ0) is 14.8. The number of alkyl halides is 1. The van der Waals surface area contributed by atoms with Gasteiger partial charge in [0.25, 0.3) is 0 Å². The predicted molar refractivity (Wildman–Crippen MR) is 83.7 cm³/mol. The van der Waals surface area contributed by atoms with Crippen LogP contribution < -0.4 is 0 Å². The fourth-order valence-corrected chi connectivity index (χ4v) is 2.77. The molecule has 0 bridgehead atoms. The van der Waals surface area contributed by atoms with E-state index in [0.717, 1.165) is 47.8 Å². The quantitative estimate of drug-likeness (QED) is 0.681. The van der Waals surface area contributed by atoms with Crippen molar-refractivity contribution >= 4 is 22.8 Å². The first-order valence-corrected chi connectivity index (χ1v) is 7.65. The van der Waals surface area contributed by atoms with Gasteiger partial charge < -0.3 is 4.57 Å². The van der Waals surface area contributed by atoms with Gasteiger partial charge in [-0.3, -0.25) is 4.98 Å². The third-order valence-electron chi connectivity index (χ3n) is 3.56. The molecule has 0 fully saturated rings. The first kappa shape index (κ1) is 14.1. The van der Waals surface area contributed by atoms with E-state index in [1.54, 1.807) is 6.20 Å². The van der Waals surface area contributed by atoms with Gasteiger partial charge in [-0.05, 0) is 25.5 Å². The molecule has 0 saturated heterocycles. The average Bonchev–Trinajstić information content (AvgIpc) is 3.00. The van der Waals surface area contributed by atoms with Gasteiger partial charge in [-0.15, -0.1) is 11.6 Å². The summed E-state index contributed by atoms with van der Waals surface area (Å²) in [5.74, 6) is 1.57. The summed E-state index contributed by atoms with van der Waals surface area (Å²) in [6.45, 7) is 5.65. The molecule has 0 N–H and O–H groups in total. The van der Waals surface area contributed by atoms with Crippen LogP contribution in [0.3, 0.4) is 0 Å². The number of rotatable bonds is 5. The lowest BCUT2D eigenvalue weighted by atomic mass is 10.3. The molecular weight excluding hydrogens is 286 g/mol. The Morgan fingerprint density at radius 2 is 2.19 bits per heavy atom. The number of pyridine rings is 1. The van der Waals surface area contributed by atoms with Crippen LogP contribution in [0.25, 0.3) is 11.2 Å². The third-order valence-corrected chi connectivity index (χ3v) is 3.75. The summed E-state index contributed by atoms with van der Waals surface area (Å²) in [7, 11) is 0. The van der Waals surface area contributed by atoms with Crippen molar-refractivity contribution in [3.05, 3.63) is 41.6 Å². The lowest BCUT2D eigenvalue weighted by Crippen LogP contribution is -2.10. The Bertz CT molecular complexity index is 744. The van der Waals surface area contributed by atoms with Crippen LogP contribution in [0, 0.1) is 6.92 Å². The Morgan fingerprint density at radius 3 is 2.86 bits per heavy atom. The highest BCUT2D eigenvalue weighted by Gasteiger charge is 2.18. The molecule has 3 aromatic rings. The molecule has 0 aromatic carbocycles. The van der Waals surface area contributed by atoms with Crippen molar-refractivity contribution < 1.29 is 0 Å². The van der Waals surface area contributed by atoms with E-state index in [2.05, 4.69) is 27.6 Å². The fraction of sp³-hybridized carbons (Fsp3) is 0.400. The molecule has 0 saturated carbocycles. The number of imidazole rings is 1. The Balaban J connectivity index is 2.15. The summed E-state index contributed by atoms with van der Waals surface area (Å²) in [5.41, 5.74) is 4.15. The Hall–Kier alpha value is -1.88. The summed E-state index contributed by atoms with van der Waals surface area (Å²) >= 11 is 5.93. The van der Waals surface area contributed by atoms with Gasteiger partial charge in [0.1, 0.15) is 11.3 Å². The molecule has 0 spiro atoms. The van der Waals surface area contributed by atoms with Gasteiger partial charge in [-0.25, -0.2) is 9.67 Å². The molecule has 0 amide bonds. The van der Waals surface area contributed by atoms with Crippen LogP contribution in [-0.4, -0.2) is 30.2 Å². The van der Waals surface area contributed by atoms with Crippen LogP contribution in [-0.2, 0) is 19.5 Å². The van der Waals surface area contributed by atoms with Gasteiger partial charge in [-0.2, -0.15) is 5.10 Å². The van der Waals surface area contributed by atoms with Gasteiger partial charge >= 0.3 is 0 Å². The highest BCUT2D eigenvalue weighted by molar-refractivity contribution is 6.17. The number of nitrogens with zero attached hydrogens (tertiary/aromatic N) is 5. The fourth-order valence-electron chi connectivity index (χ4n) is 2.61. The van der Waals surface area contributed by atoms with E-state index in [9.17, 15) is 0 Å². The van der Waals surface area contributed by atoms with E-state index < -0.39 is 0 Å². The number of halogens is 1. The maximum absolute atomic E-state index is 5.93. The maximum Gasteiger partial charge on any atom is 0.159 e. The van der Waals surface area contributed by atoms with Gasteiger partial charge in [0.15, 0.2) is 5.65 Å². The minimum Gasteiger partial charge on any atom is -0.308 e. The minimum atomic E-state index is 0.561. The van der Waals surface area contributed by atoms with Crippen molar-refractivity contribution in [3.63, 3.8) is 0 Å². The second-order valence-corrected chi connectivity index (χ2v) is 5.37. The van der Waals surface area contributed by atoms with Crippen molar-refractivity contribution in [1.29, 1.82) is 0 Å². The number of hydrogen-bond acceptors (Lipinski definition) is 3. The summed E-state index contributed by atoms with van der Waals surface area (Å²) in [4.78, 5) is 8.93. The summed E-state index contributed by atoms with van der Waals surface area (Å²) < 4.78 is 4.21. The maximum atomic E-state index is 5.93. The first-order valence-electron chi connectivity index (χ1n) is 7.12. The largest absolute Gasteiger partial charge is 0.308 e. The lowest BCUT2D eigenvalue weighted by molar-refractivity contribution is 0.635. The molecular formula is C15H18ClN5. The highest BCUT2D eigenvalue weighted by atomic mass is 35.5. The number of aromatic nitrogens is 5. The van der Waals surface area contributed by atoms with E-state index in [1.807, 2.05) is 23.9 Å². The molecule has 6 heteroatoms. The normalized spacial score (nSPS) is 11.4. The van der Waals surface area contributed by atoms with E-state index >= 15 is 0 Å². The molecule has 0 radical (unpaired) electrons. The van der Waals surface area contributed by atoms with E-state index in [-0.39, 0.29) is 0 Å². The lowest BCUT2D eigenvalue weighted by Gasteiger charge is -2.09. The van der Waals surface area contributed by atoms with Crippen LogP contribution in [0.4, 0.5) is 0 Å². The van der Waals surface area contributed by atoms with Crippen molar-refractivity contribution in [2.24, 2.45) is 0 Å². The highest BCUT2D eigenvalue weighted by Crippen LogP contribution is 2.21. The van der Waals surface area contributed by atoms with E-state index in [4.69, 9.17) is 16.6 Å². The summed E-state index contributed by atoms with van der Waals surface area (Å²) in [5, 5.41) is 4.56. The number of hydrogen-bond donors (Lipinski definition) is 0. The monoisotopic (exact) mass is 303 g/mol. The standard InChI is InChI=1S/C15H18ClN5/c1-3-21-15-14(11(2)19-21)18-13(6-7-16)20(15)10-12-5-4-8-17-9-12/h4-5,8-9H,3,6-7,10H2,1-2H3. The molecule has 5 nitrogen and oxygen atoms in total. The Labute approximate surface area is 128 Å². The Kier molecular flexibility index (Phi) is 3.92. The average molecular weight is 304 g/mol. The molecule has 3 rings (SSSR count). The van der Waals surface area contributed by atoms with Crippen LogP contribution in [0.1, 0.15) is 24.0 Å². The third kappa shape index (κ3) is 2.53. The molecule has 0 aliphatic heterocycles. The second kappa shape index (κ2) is 5.85. The smallest absolute Gasteiger partial charge is 0.159 e. The van der Waals surface area contributed by atoms with Crippen LogP contribution in [0.15, 0.2) is 24.5 Å². The van der Waals surface area contributed by atoms with Gasteiger partial charge in [0.2, 0.25) is 0 Å². The molecule has 0 aliphatic rings. The summed E-state index contributed by atoms with van der Waals surface area (Å²) in [6, 6.07) is 4.02. The van der Waals surface area contributed by atoms with Gasteiger partial charge in [-0.1, -0.05) is 6.07 Å². The molecule has 0 unspecified atom stereocenters. The van der Waals surface area contributed by atoms with Gasteiger partial charge in [0, 0.05) is 31.2 Å².